The van der Waals surface area contributed by atoms with Crippen LogP contribution in [0, 0.1) is 5.82 Å². The van der Waals surface area contributed by atoms with E-state index in [4.69, 9.17) is 0 Å². The monoisotopic (exact) mass is 432 g/mol. The number of aromatic nitrogens is 5. The molecule has 0 spiro atoms. The second-order valence-electron chi connectivity index (χ2n) is 6.71. The first kappa shape index (κ1) is 20.5. The molecule has 160 valence electrons. The molecule has 1 N–H and O–H groups in total. The van der Waals surface area contributed by atoms with Gasteiger partial charge in [-0.15, -0.1) is 5.10 Å². The second-order valence-corrected chi connectivity index (χ2v) is 6.71. The third-order valence-corrected chi connectivity index (χ3v) is 4.61. The summed E-state index contributed by atoms with van der Waals surface area (Å²) in [5.41, 5.74) is -0.469. The first-order valence-electron chi connectivity index (χ1n) is 9.31. The molecule has 0 aliphatic carbocycles. The molecule has 0 fully saturated rings. The van der Waals surface area contributed by atoms with Gasteiger partial charge in [-0.25, -0.2) is 14.1 Å². The zero-order valence-corrected chi connectivity index (χ0v) is 16.0. The lowest BCUT2D eigenvalue weighted by atomic mass is 10.2. The van der Waals surface area contributed by atoms with Crippen molar-refractivity contribution in [2.24, 2.45) is 0 Å². The van der Waals surface area contributed by atoms with Crippen molar-refractivity contribution in [1.29, 1.82) is 0 Å². The van der Waals surface area contributed by atoms with Crippen molar-refractivity contribution >= 4 is 16.9 Å². The van der Waals surface area contributed by atoms with Crippen LogP contribution in [0.15, 0.2) is 54.9 Å². The number of nitrogens with zero attached hydrogens (tertiary/aromatic N) is 5. The molecule has 1 amide bonds. The Morgan fingerprint density at radius 2 is 1.81 bits per heavy atom. The molecule has 0 bridgehead atoms. The lowest BCUT2D eigenvalue weighted by molar-refractivity contribution is -0.143. The van der Waals surface area contributed by atoms with Crippen molar-refractivity contribution in [3.05, 3.63) is 72.1 Å². The number of hydrogen-bond acceptors (Lipinski definition) is 4. The first-order valence-corrected chi connectivity index (χ1v) is 9.31. The number of carbonyl (C=O) groups is 1. The van der Waals surface area contributed by atoms with Crippen LogP contribution in [0.25, 0.3) is 16.7 Å². The van der Waals surface area contributed by atoms with Gasteiger partial charge in [-0.2, -0.15) is 13.2 Å². The maximum Gasteiger partial charge on any atom is 0.435 e. The Morgan fingerprint density at radius 1 is 1.06 bits per heavy atom. The summed E-state index contributed by atoms with van der Waals surface area (Å²) in [6.45, 7) is 0.654. The Kier molecular flexibility index (Phi) is 5.40. The maximum atomic E-state index is 13.6. The molecule has 0 aliphatic rings. The highest BCUT2D eigenvalue weighted by Gasteiger charge is 2.41. The number of alkyl halides is 3. The average Bonchev–Trinajstić information content (AvgIpc) is 3.36. The van der Waals surface area contributed by atoms with E-state index in [1.165, 1.54) is 0 Å². The van der Waals surface area contributed by atoms with Gasteiger partial charge >= 0.3 is 6.18 Å². The van der Waals surface area contributed by atoms with E-state index in [-0.39, 0.29) is 12.2 Å². The molecule has 2 heterocycles. The number of halogens is 4. The lowest BCUT2D eigenvalue weighted by Crippen LogP contribution is -2.28. The number of aryl methyl sites for hydroxylation is 1. The topological polar surface area (TPSA) is 77.6 Å². The molecule has 7 nitrogen and oxygen atoms in total. The normalized spacial score (nSPS) is 11.7. The molecule has 0 atom stereocenters. The van der Waals surface area contributed by atoms with Crippen LogP contribution in [0.4, 0.5) is 17.6 Å². The van der Waals surface area contributed by atoms with Crippen LogP contribution in [0.2, 0.25) is 0 Å². The molecule has 0 saturated carbocycles. The third-order valence-electron chi connectivity index (χ3n) is 4.61. The Hall–Kier alpha value is -3.76. The van der Waals surface area contributed by atoms with E-state index >= 15 is 0 Å². The van der Waals surface area contributed by atoms with E-state index < -0.39 is 29.3 Å². The number of nitrogens with one attached hydrogen (secondary N) is 1. The van der Waals surface area contributed by atoms with Crippen molar-refractivity contribution in [3.8, 4) is 5.69 Å². The van der Waals surface area contributed by atoms with Crippen molar-refractivity contribution in [3.63, 3.8) is 0 Å². The van der Waals surface area contributed by atoms with Gasteiger partial charge in [0, 0.05) is 13.1 Å². The summed E-state index contributed by atoms with van der Waals surface area (Å²) in [6.07, 6.45) is -2.75. The molecule has 4 rings (SSSR count). The van der Waals surface area contributed by atoms with Gasteiger partial charge in [-0.05, 0) is 42.8 Å². The number of fused-ring (bicyclic) bond motifs is 1. The van der Waals surface area contributed by atoms with Crippen molar-refractivity contribution < 1.29 is 22.4 Å². The predicted octanol–water partition coefficient (Wildman–Crippen LogP) is 3.60. The number of imidazole rings is 1. The number of para-hydroxylation sites is 2. The fourth-order valence-corrected chi connectivity index (χ4v) is 3.18. The summed E-state index contributed by atoms with van der Waals surface area (Å²) >= 11 is 0. The molecule has 2 aromatic heterocycles. The minimum absolute atomic E-state index is 0.0627. The van der Waals surface area contributed by atoms with Gasteiger partial charge in [0.05, 0.1) is 23.0 Å². The van der Waals surface area contributed by atoms with Crippen LogP contribution in [-0.4, -0.2) is 37.0 Å². The zero-order valence-electron chi connectivity index (χ0n) is 16.0. The summed E-state index contributed by atoms with van der Waals surface area (Å²) in [5, 5.41) is 9.33. The van der Waals surface area contributed by atoms with E-state index in [9.17, 15) is 22.4 Å². The Balaban J connectivity index is 1.46. The highest BCUT2D eigenvalue weighted by atomic mass is 19.4. The minimum Gasteiger partial charge on any atom is -0.351 e. The van der Waals surface area contributed by atoms with Gasteiger partial charge < -0.3 is 9.88 Å². The van der Waals surface area contributed by atoms with E-state index in [1.807, 2.05) is 28.8 Å². The molecule has 11 heteroatoms. The minimum atomic E-state index is -4.89. The van der Waals surface area contributed by atoms with Crippen LogP contribution in [0.3, 0.4) is 0 Å². The van der Waals surface area contributed by atoms with Crippen molar-refractivity contribution in [1.82, 2.24) is 29.9 Å². The number of hydrogen-bond donors (Lipinski definition) is 1. The van der Waals surface area contributed by atoms with Gasteiger partial charge in [-0.3, -0.25) is 4.79 Å². The van der Waals surface area contributed by atoms with Gasteiger partial charge in [0.2, 0.25) is 0 Å². The quantitative estimate of drug-likeness (QED) is 0.373. The maximum absolute atomic E-state index is 13.6. The standard InChI is InChI=1S/C20H16F4N6O/c21-13-6-8-14(9-7-13)30-18(20(22,23)24)17(27-28-30)19(31)25-10-3-11-29-12-26-15-4-1-2-5-16(15)29/h1-2,4-9,12H,3,10-11H2,(H,25,31). The van der Waals surface area contributed by atoms with Crippen LogP contribution < -0.4 is 5.32 Å². The van der Waals surface area contributed by atoms with Crippen LogP contribution in [-0.2, 0) is 12.7 Å². The Morgan fingerprint density at radius 3 is 2.55 bits per heavy atom. The molecule has 31 heavy (non-hydrogen) atoms. The third kappa shape index (κ3) is 4.25. The molecule has 4 aromatic rings. The smallest absolute Gasteiger partial charge is 0.351 e. The van der Waals surface area contributed by atoms with Crippen LogP contribution in [0.1, 0.15) is 22.6 Å². The van der Waals surface area contributed by atoms with Crippen LogP contribution >= 0.6 is 0 Å². The first-order chi connectivity index (χ1) is 14.8. The molecule has 2 aromatic carbocycles. The SMILES string of the molecule is O=C(NCCCn1cnc2ccccc21)c1nnn(-c2ccc(F)cc2)c1C(F)(F)F. The largest absolute Gasteiger partial charge is 0.435 e. The Bertz CT molecular complexity index is 1210. The number of rotatable bonds is 6. The van der Waals surface area contributed by atoms with E-state index in [0.717, 1.165) is 35.3 Å². The van der Waals surface area contributed by atoms with Crippen molar-refractivity contribution in [2.45, 2.75) is 19.1 Å². The average molecular weight is 432 g/mol. The molecule has 0 aliphatic heterocycles. The second kappa shape index (κ2) is 8.17. The highest BCUT2D eigenvalue weighted by molar-refractivity contribution is 5.93. The number of amides is 1. The summed E-state index contributed by atoms with van der Waals surface area (Å²) in [4.78, 5) is 16.6. The molecule has 0 radical (unpaired) electrons. The van der Waals surface area contributed by atoms with E-state index in [0.29, 0.717) is 17.6 Å². The van der Waals surface area contributed by atoms with Gasteiger partial charge in [0.25, 0.3) is 5.91 Å². The molecular formula is C20H16F4N6O. The number of carbonyl (C=O) groups excluding carboxylic acids is 1. The van der Waals surface area contributed by atoms with Crippen molar-refractivity contribution in [2.75, 3.05) is 6.54 Å². The van der Waals surface area contributed by atoms with Crippen LogP contribution in [0.5, 0.6) is 0 Å². The molecule has 0 unspecified atom stereocenters. The number of benzene rings is 2. The van der Waals surface area contributed by atoms with E-state index in [2.05, 4.69) is 20.6 Å². The van der Waals surface area contributed by atoms with E-state index in [1.54, 1.807) is 6.33 Å². The Labute approximate surface area is 173 Å². The summed E-state index contributed by atoms with van der Waals surface area (Å²) in [5.74, 6) is -1.60. The fraction of sp³-hybridized carbons (Fsp3) is 0.200. The predicted molar refractivity (Wildman–Crippen MR) is 103 cm³/mol. The highest BCUT2D eigenvalue weighted by Crippen LogP contribution is 2.32. The van der Waals surface area contributed by atoms with Gasteiger partial charge in [-0.1, -0.05) is 17.3 Å². The fourth-order valence-electron chi connectivity index (χ4n) is 3.18. The summed E-state index contributed by atoms with van der Waals surface area (Å²) < 4.78 is 56.3. The molecule has 0 saturated heterocycles. The van der Waals surface area contributed by atoms with Gasteiger partial charge in [0.1, 0.15) is 5.82 Å². The summed E-state index contributed by atoms with van der Waals surface area (Å²) in [7, 11) is 0. The molecular weight excluding hydrogens is 416 g/mol. The summed E-state index contributed by atoms with van der Waals surface area (Å²) in [6, 6.07) is 11.8. The lowest BCUT2D eigenvalue weighted by Gasteiger charge is -2.11. The van der Waals surface area contributed by atoms with Gasteiger partial charge in [0.15, 0.2) is 11.4 Å². The zero-order chi connectivity index (χ0) is 22.0.